The van der Waals surface area contributed by atoms with E-state index in [0.29, 0.717) is 6.54 Å². The van der Waals surface area contributed by atoms with E-state index >= 15 is 0 Å². The van der Waals surface area contributed by atoms with Gasteiger partial charge >= 0.3 is 0 Å². The molecular formula is C15H16N2O2. The van der Waals surface area contributed by atoms with Gasteiger partial charge < -0.3 is 10.4 Å². The van der Waals surface area contributed by atoms with Crippen LogP contribution in [-0.2, 0) is 17.6 Å². The summed E-state index contributed by atoms with van der Waals surface area (Å²) in [5, 5.41) is 12.2. The molecule has 0 saturated carbocycles. The maximum atomic E-state index is 11.7. The van der Waals surface area contributed by atoms with E-state index in [1.54, 1.807) is 30.6 Å². The van der Waals surface area contributed by atoms with E-state index < -0.39 is 0 Å². The summed E-state index contributed by atoms with van der Waals surface area (Å²) in [6.45, 7) is 0.599. The number of hydrogen-bond acceptors (Lipinski definition) is 3. The molecule has 2 aromatic rings. The van der Waals surface area contributed by atoms with Gasteiger partial charge in [0.25, 0.3) is 0 Å². The van der Waals surface area contributed by atoms with E-state index in [4.69, 9.17) is 0 Å². The average Bonchev–Trinajstić information content (AvgIpc) is 2.40. The number of benzene rings is 1. The summed E-state index contributed by atoms with van der Waals surface area (Å²) >= 11 is 0. The molecule has 2 rings (SSSR count). The van der Waals surface area contributed by atoms with Gasteiger partial charge in [-0.1, -0.05) is 12.1 Å². The molecule has 1 aromatic heterocycles. The summed E-state index contributed by atoms with van der Waals surface area (Å²) in [6, 6.07) is 10.6. The zero-order valence-electron chi connectivity index (χ0n) is 10.5. The number of pyridine rings is 1. The highest BCUT2D eigenvalue weighted by molar-refractivity contribution is 5.78. The Kier molecular flexibility index (Phi) is 4.50. The van der Waals surface area contributed by atoms with Crippen molar-refractivity contribution in [1.82, 2.24) is 10.3 Å². The number of aromatic nitrogens is 1. The molecule has 4 nitrogen and oxygen atoms in total. The van der Waals surface area contributed by atoms with Crippen molar-refractivity contribution >= 4 is 5.91 Å². The molecule has 2 N–H and O–H groups in total. The molecule has 0 aliphatic carbocycles. The quantitative estimate of drug-likeness (QED) is 0.855. The van der Waals surface area contributed by atoms with Crippen molar-refractivity contribution in [3.63, 3.8) is 0 Å². The van der Waals surface area contributed by atoms with Crippen LogP contribution in [0.5, 0.6) is 5.75 Å². The molecule has 1 heterocycles. The third kappa shape index (κ3) is 4.43. The number of phenolic OH excluding ortho intramolecular Hbond substituents is 1. The Labute approximate surface area is 112 Å². The zero-order chi connectivity index (χ0) is 13.5. The van der Waals surface area contributed by atoms with Crippen molar-refractivity contribution < 1.29 is 9.90 Å². The Morgan fingerprint density at radius 1 is 1.16 bits per heavy atom. The number of carbonyl (C=O) groups excluding carboxylic acids is 1. The molecule has 0 radical (unpaired) electrons. The molecule has 0 bridgehead atoms. The fourth-order valence-electron chi connectivity index (χ4n) is 1.81. The number of aromatic hydroxyl groups is 1. The minimum Gasteiger partial charge on any atom is -0.508 e. The van der Waals surface area contributed by atoms with E-state index in [1.807, 2.05) is 18.2 Å². The van der Waals surface area contributed by atoms with Crippen LogP contribution in [0.25, 0.3) is 0 Å². The van der Waals surface area contributed by atoms with Crippen LogP contribution in [0.2, 0.25) is 0 Å². The number of phenols is 1. The molecule has 98 valence electrons. The molecule has 0 fully saturated rings. The first-order chi connectivity index (χ1) is 9.24. The van der Waals surface area contributed by atoms with E-state index in [9.17, 15) is 9.90 Å². The summed E-state index contributed by atoms with van der Waals surface area (Å²) in [5.74, 6) is 0.141. The lowest BCUT2D eigenvalue weighted by Crippen LogP contribution is -2.27. The van der Waals surface area contributed by atoms with Crippen molar-refractivity contribution in [2.45, 2.75) is 12.8 Å². The summed E-state index contributed by atoms with van der Waals surface area (Å²) in [5.41, 5.74) is 1.95. The van der Waals surface area contributed by atoms with Crippen LogP contribution >= 0.6 is 0 Å². The van der Waals surface area contributed by atoms with E-state index in [-0.39, 0.29) is 18.1 Å². The smallest absolute Gasteiger partial charge is 0.224 e. The Morgan fingerprint density at radius 2 is 1.95 bits per heavy atom. The predicted molar refractivity (Wildman–Crippen MR) is 72.8 cm³/mol. The summed E-state index contributed by atoms with van der Waals surface area (Å²) in [6.07, 6.45) is 4.55. The van der Waals surface area contributed by atoms with Gasteiger partial charge in [-0.25, -0.2) is 0 Å². The highest BCUT2D eigenvalue weighted by Gasteiger charge is 2.03. The molecule has 0 saturated heterocycles. The summed E-state index contributed by atoms with van der Waals surface area (Å²) in [4.78, 5) is 15.7. The molecule has 19 heavy (non-hydrogen) atoms. The lowest BCUT2D eigenvalue weighted by atomic mass is 10.1. The number of amides is 1. The van der Waals surface area contributed by atoms with E-state index in [1.165, 1.54) is 0 Å². The van der Waals surface area contributed by atoms with Crippen LogP contribution in [-0.4, -0.2) is 22.5 Å². The zero-order valence-corrected chi connectivity index (χ0v) is 10.5. The second-order valence-electron chi connectivity index (χ2n) is 4.30. The first-order valence-corrected chi connectivity index (χ1v) is 6.17. The van der Waals surface area contributed by atoms with E-state index in [0.717, 1.165) is 17.5 Å². The summed E-state index contributed by atoms with van der Waals surface area (Å²) in [7, 11) is 0. The molecule has 0 spiro atoms. The van der Waals surface area contributed by atoms with Crippen LogP contribution < -0.4 is 5.32 Å². The first-order valence-electron chi connectivity index (χ1n) is 6.17. The highest BCUT2D eigenvalue weighted by Crippen LogP contribution is 2.11. The van der Waals surface area contributed by atoms with Crippen LogP contribution in [0.4, 0.5) is 0 Å². The molecule has 4 heteroatoms. The van der Waals surface area contributed by atoms with Gasteiger partial charge in [-0.3, -0.25) is 9.78 Å². The maximum Gasteiger partial charge on any atom is 0.224 e. The van der Waals surface area contributed by atoms with Gasteiger partial charge in [-0.2, -0.15) is 0 Å². The van der Waals surface area contributed by atoms with Gasteiger partial charge in [0.2, 0.25) is 5.91 Å². The van der Waals surface area contributed by atoms with Crippen molar-refractivity contribution in [2.24, 2.45) is 0 Å². The molecule has 0 aliphatic rings. The number of nitrogens with zero attached hydrogens (tertiary/aromatic N) is 1. The first kappa shape index (κ1) is 13.1. The highest BCUT2D eigenvalue weighted by atomic mass is 16.3. The maximum absolute atomic E-state index is 11.7. The number of hydrogen-bond donors (Lipinski definition) is 2. The average molecular weight is 256 g/mol. The molecule has 0 unspecified atom stereocenters. The van der Waals surface area contributed by atoms with Crippen LogP contribution in [0.15, 0.2) is 48.8 Å². The minimum atomic E-state index is -0.0420. The lowest BCUT2D eigenvalue weighted by Gasteiger charge is -2.05. The van der Waals surface area contributed by atoms with Crippen LogP contribution in [0, 0.1) is 0 Å². The van der Waals surface area contributed by atoms with Crippen LogP contribution in [0.3, 0.4) is 0 Å². The van der Waals surface area contributed by atoms with Gasteiger partial charge in [0.15, 0.2) is 0 Å². The second-order valence-corrected chi connectivity index (χ2v) is 4.30. The molecule has 0 atom stereocenters. The SMILES string of the molecule is O=C(Cc1cccc(O)c1)NCCc1ccncc1. The Balaban J connectivity index is 1.76. The molecule has 1 aromatic carbocycles. The van der Waals surface area contributed by atoms with Crippen molar-refractivity contribution in [3.05, 3.63) is 59.9 Å². The molecule has 0 aliphatic heterocycles. The van der Waals surface area contributed by atoms with Gasteiger partial charge in [0.1, 0.15) is 5.75 Å². The fourth-order valence-corrected chi connectivity index (χ4v) is 1.81. The van der Waals surface area contributed by atoms with Crippen molar-refractivity contribution in [2.75, 3.05) is 6.54 Å². The Hall–Kier alpha value is -2.36. The fraction of sp³-hybridized carbons (Fsp3) is 0.200. The lowest BCUT2D eigenvalue weighted by molar-refractivity contribution is -0.120. The minimum absolute atomic E-state index is 0.0420. The van der Waals surface area contributed by atoms with Crippen molar-refractivity contribution in [3.8, 4) is 5.75 Å². The monoisotopic (exact) mass is 256 g/mol. The van der Waals surface area contributed by atoms with Gasteiger partial charge in [0.05, 0.1) is 6.42 Å². The number of carbonyl (C=O) groups is 1. The largest absolute Gasteiger partial charge is 0.508 e. The van der Waals surface area contributed by atoms with Gasteiger partial charge in [0, 0.05) is 18.9 Å². The Bertz CT molecular complexity index is 541. The standard InChI is InChI=1S/C15H16N2O2/c18-14-3-1-2-13(10-14)11-15(19)17-9-6-12-4-7-16-8-5-12/h1-5,7-8,10,18H,6,9,11H2,(H,17,19). The molecular weight excluding hydrogens is 240 g/mol. The number of nitrogens with one attached hydrogen (secondary N) is 1. The number of rotatable bonds is 5. The van der Waals surface area contributed by atoms with Gasteiger partial charge in [-0.15, -0.1) is 0 Å². The third-order valence-electron chi connectivity index (χ3n) is 2.76. The summed E-state index contributed by atoms with van der Waals surface area (Å²) < 4.78 is 0. The van der Waals surface area contributed by atoms with Crippen molar-refractivity contribution in [1.29, 1.82) is 0 Å². The topological polar surface area (TPSA) is 62.2 Å². The Morgan fingerprint density at radius 3 is 2.68 bits per heavy atom. The normalized spacial score (nSPS) is 10.1. The second kappa shape index (κ2) is 6.54. The van der Waals surface area contributed by atoms with Gasteiger partial charge in [-0.05, 0) is 41.8 Å². The van der Waals surface area contributed by atoms with E-state index in [2.05, 4.69) is 10.3 Å². The molecule has 1 amide bonds. The predicted octanol–water partition coefficient (Wildman–Crippen LogP) is 1.69. The van der Waals surface area contributed by atoms with Crippen LogP contribution in [0.1, 0.15) is 11.1 Å². The third-order valence-corrected chi connectivity index (χ3v) is 2.76.